The second kappa shape index (κ2) is 6.96. The Morgan fingerprint density at radius 2 is 1.79 bits per heavy atom. The van der Waals surface area contributed by atoms with Crippen molar-refractivity contribution in [3.63, 3.8) is 0 Å². The molecular formula is C20H27N3O. The van der Waals surface area contributed by atoms with Crippen LogP contribution in [-0.4, -0.2) is 33.4 Å². The number of hydrogen-bond acceptors (Lipinski definition) is 2. The minimum absolute atomic E-state index is 0.397. The van der Waals surface area contributed by atoms with E-state index in [1.807, 2.05) is 12.4 Å². The smallest absolute Gasteiger partial charge is 0.222 e. The van der Waals surface area contributed by atoms with Gasteiger partial charge in [-0.25, -0.2) is 4.98 Å². The molecule has 1 amide bonds. The van der Waals surface area contributed by atoms with E-state index < -0.39 is 0 Å². The van der Waals surface area contributed by atoms with E-state index in [1.165, 1.54) is 31.2 Å². The average Bonchev–Trinajstić information content (AvgIpc) is 3.26. The molecule has 0 bridgehead atoms. The molecule has 2 heterocycles. The van der Waals surface area contributed by atoms with E-state index in [0.29, 0.717) is 17.7 Å². The molecule has 128 valence electrons. The zero-order valence-corrected chi connectivity index (χ0v) is 14.4. The number of likely N-dealkylation sites (tertiary alicyclic amines) is 1. The molecule has 1 saturated carbocycles. The third-order valence-electron chi connectivity index (χ3n) is 5.89. The number of benzene rings is 1. The number of nitrogens with zero attached hydrogens (tertiary/aromatic N) is 3. The molecule has 2 fully saturated rings. The minimum Gasteiger partial charge on any atom is -0.343 e. The highest BCUT2D eigenvalue weighted by molar-refractivity contribution is 5.76. The number of carbonyl (C=O) groups is 1. The minimum atomic E-state index is 0.397. The molecule has 0 spiro atoms. The monoisotopic (exact) mass is 325 g/mol. The van der Waals surface area contributed by atoms with Crippen molar-refractivity contribution in [1.29, 1.82) is 0 Å². The SMILES string of the molecule is O=C(CC1CCCC1)N1CCC(Cn2cnc3ccccc32)CC1. The van der Waals surface area contributed by atoms with Gasteiger partial charge in [0.15, 0.2) is 0 Å². The summed E-state index contributed by atoms with van der Waals surface area (Å²) in [7, 11) is 0. The Hall–Kier alpha value is -1.84. The average molecular weight is 325 g/mol. The van der Waals surface area contributed by atoms with Gasteiger partial charge in [-0.3, -0.25) is 4.79 Å². The van der Waals surface area contributed by atoms with Crippen molar-refractivity contribution in [3.05, 3.63) is 30.6 Å². The maximum Gasteiger partial charge on any atom is 0.222 e. The summed E-state index contributed by atoms with van der Waals surface area (Å²) in [4.78, 5) is 19.1. The number of rotatable bonds is 4. The summed E-state index contributed by atoms with van der Waals surface area (Å²) in [6.07, 6.45) is 10.1. The van der Waals surface area contributed by atoms with Gasteiger partial charge in [-0.15, -0.1) is 0 Å². The lowest BCUT2D eigenvalue weighted by Crippen LogP contribution is -2.39. The second-order valence-corrected chi connectivity index (χ2v) is 7.56. The quantitative estimate of drug-likeness (QED) is 0.856. The summed E-state index contributed by atoms with van der Waals surface area (Å²) in [5, 5.41) is 0. The molecule has 1 aromatic heterocycles. The number of hydrogen-bond donors (Lipinski definition) is 0. The Labute approximate surface area is 143 Å². The normalized spacial score (nSPS) is 20.1. The highest BCUT2D eigenvalue weighted by atomic mass is 16.2. The molecule has 1 aliphatic carbocycles. The molecule has 1 aliphatic heterocycles. The van der Waals surface area contributed by atoms with Gasteiger partial charge in [0.25, 0.3) is 0 Å². The number of para-hydroxylation sites is 2. The van der Waals surface area contributed by atoms with Crippen LogP contribution in [0.2, 0.25) is 0 Å². The van der Waals surface area contributed by atoms with Crippen LogP contribution >= 0.6 is 0 Å². The lowest BCUT2D eigenvalue weighted by molar-refractivity contribution is -0.133. The number of imidazole rings is 1. The van der Waals surface area contributed by atoms with Crippen molar-refractivity contribution < 1.29 is 4.79 Å². The summed E-state index contributed by atoms with van der Waals surface area (Å²) in [5.74, 6) is 1.71. The topological polar surface area (TPSA) is 38.1 Å². The van der Waals surface area contributed by atoms with Crippen LogP contribution in [0.5, 0.6) is 0 Å². The zero-order chi connectivity index (χ0) is 16.4. The molecule has 0 radical (unpaired) electrons. The standard InChI is InChI=1S/C20H27N3O/c24-20(13-16-5-1-2-6-16)22-11-9-17(10-12-22)14-23-15-21-18-7-3-4-8-19(18)23/h3-4,7-8,15-17H,1-2,5-6,9-14H2. The summed E-state index contributed by atoms with van der Waals surface area (Å²) in [5.41, 5.74) is 2.29. The molecule has 4 heteroatoms. The largest absolute Gasteiger partial charge is 0.343 e. The molecule has 0 N–H and O–H groups in total. The second-order valence-electron chi connectivity index (χ2n) is 7.56. The number of fused-ring (bicyclic) bond motifs is 1. The molecule has 4 rings (SSSR count). The maximum absolute atomic E-state index is 12.5. The summed E-state index contributed by atoms with van der Waals surface area (Å²) in [6, 6.07) is 8.32. The Morgan fingerprint density at radius 1 is 1.04 bits per heavy atom. The number of piperidine rings is 1. The molecule has 24 heavy (non-hydrogen) atoms. The fraction of sp³-hybridized carbons (Fsp3) is 0.600. The Morgan fingerprint density at radius 3 is 2.58 bits per heavy atom. The van der Waals surface area contributed by atoms with E-state index in [9.17, 15) is 4.79 Å². The summed E-state index contributed by atoms with van der Waals surface area (Å²) >= 11 is 0. The van der Waals surface area contributed by atoms with Crippen LogP contribution in [0.3, 0.4) is 0 Å². The van der Waals surface area contributed by atoms with Gasteiger partial charge in [0, 0.05) is 26.1 Å². The first-order valence-electron chi connectivity index (χ1n) is 9.47. The molecule has 0 atom stereocenters. The Balaban J connectivity index is 1.30. The van der Waals surface area contributed by atoms with E-state index in [0.717, 1.165) is 44.4 Å². The van der Waals surface area contributed by atoms with Gasteiger partial charge < -0.3 is 9.47 Å². The van der Waals surface area contributed by atoms with Crippen LogP contribution in [0.1, 0.15) is 44.9 Å². The maximum atomic E-state index is 12.5. The first kappa shape index (κ1) is 15.7. The summed E-state index contributed by atoms with van der Waals surface area (Å²) < 4.78 is 2.27. The van der Waals surface area contributed by atoms with Gasteiger partial charge in [-0.2, -0.15) is 0 Å². The van der Waals surface area contributed by atoms with Gasteiger partial charge in [0.1, 0.15) is 0 Å². The molecular weight excluding hydrogens is 298 g/mol. The third kappa shape index (κ3) is 3.33. The first-order chi connectivity index (χ1) is 11.8. The van der Waals surface area contributed by atoms with Gasteiger partial charge in [-0.05, 0) is 49.7 Å². The molecule has 2 aromatic rings. The lowest BCUT2D eigenvalue weighted by Gasteiger charge is -2.33. The molecule has 1 saturated heterocycles. The van der Waals surface area contributed by atoms with Crippen molar-refractivity contribution >= 4 is 16.9 Å². The fourth-order valence-electron chi connectivity index (χ4n) is 4.39. The van der Waals surface area contributed by atoms with E-state index in [4.69, 9.17) is 0 Å². The highest BCUT2D eigenvalue weighted by Gasteiger charge is 2.26. The number of aromatic nitrogens is 2. The van der Waals surface area contributed by atoms with Crippen LogP contribution in [0, 0.1) is 11.8 Å². The molecule has 4 nitrogen and oxygen atoms in total. The lowest BCUT2D eigenvalue weighted by atomic mass is 9.95. The molecule has 0 unspecified atom stereocenters. The first-order valence-corrected chi connectivity index (χ1v) is 9.47. The molecule has 2 aliphatic rings. The van der Waals surface area contributed by atoms with Crippen molar-refractivity contribution in [2.75, 3.05) is 13.1 Å². The van der Waals surface area contributed by atoms with Crippen LogP contribution in [0.25, 0.3) is 11.0 Å². The Bertz CT molecular complexity index is 694. The van der Waals surface area contributed by atoms with Gasteiger partial charge in [0.05, 0.1) is 17.4 Å². The zero-order valence-electron chi connectivity index (χ0n) is 14.4. The Kier molecular flexibility index (Phi) is 4.54. The van der Waals surface area contributed by atoms with Gasteiger partial charge >= 0.3 is 0 Å². The number of amides is 1. The van der Waals surface area contributed by atoms with Crippen LogP contribution in [0.15, 0.2) is 30.6 Å². The predicted octanol–water partition coefficient (Wildman–Crippen LogP) is 3.86. The molecule has 1 aromatic carbocycles. The van der Waals surface area contributed by atoms with Crippen molar-refractivity contribution in [2.24, 2.45) is 11.8 Å². The van der Waals surface area contributed by atoms with Gasteiger partial charge in [0.2, 0.25) is 5.91 Å². The van der Waals surface area contributed by atoms with Crippen LogP contribution < -0.4 is 0 Å². The fourth-order valence-corrected chi connectivity index (χ4v) is 4.39. The predicted molar refractivity (Wildman–Crippen MR) is 95.6 cm³/mol. The van der Waals surface area contributed by atoms with Crippen LogP contribution in [-0.2, 0) is 11.3 Å². The van der Waals surface area contributed by atoms with Crippen molar-refractivity contribution in [3.8, 4) is 0 Å². The van der Waals surface area contributed by atoms with Crippen LogP contribution in [0.4, 0.5) is 0 Å². The van der Waals surface area contributed by atoms with Crippen molar-refractivity contribution in [2.45, 2.75) is 51.5 Å². The van der Waals surface area contributed by atoms with E-state index in [2.05, 4.69) is 32.7 Å². The van der Waals surface area contributed by atoms with Crippen molar-refractivity contribution in [1.82, 2.24) is 14.5 Å². The number of carbonyl (C=O) groups excluding carboxylic acids is 1. The van der Waals surface area contributed by atoms with Gasteiger partial charge in [-0.1, -0.05) is 25.0 Å². The third-order valence-corrected chi connectivity index (χ3v) is 5.89. The van der Waals surface area contributed by atoms with E-state index in [1.54, 1.807) is 0 Å². The highest BCUT2D eigenvalue weighted by Crippen LogP contribution is 2.29. The van der Waals surface area contributed by atoms with E-state index in [-0.39, 0.29) is 0 Å². The summed E-state index contributed by atoms with van der Waals surface area (Å²) in [6.45, 7) is 2.89. The van der Waals surface area contributed by atoms with E-state index >= 15 is 0 Å².